The lowest BCUT2D eigenvalue weighted by Crippen LogP contribution is -2.50. The Balaban J connectivity index is 1.62. The van der Waals surface area contributed by atoms with Crippen LogP contribution in [0, 0.1) is 5.82 Å². The number of likely N-dealkylation sites (N-methyl/N-ethyl adjacent to an activating group) is 1. The second-order valence-electron chi connectivity index (χ2n) is 7.50. The van der Waals surface area contributed by atoms with Gasteiger partial charge in [0.15, 0.2) is 5.82 Å². The van der Waals surface area contributed by atoms with Gasteiger partial charge in [0.05, 0.1) is 30.2 Å². The summed E-state index contributed by atoms with van der Waals surface area (Å²) in [4.78, 5) is 15.4. The third-order valence-electron chi connectivity index (χ3n) is 5.63. The number of nitrogens with two attached hydrogens (primary N) is 1. The molecule has 150 valence electrons. The number of ether oxygens (including phenoxy) is 1. The molecule has 0 saturated carbocycles. The highest BCUT2D eigenvalue weighted by molar-refractivity contribution is 5.75. The van der Waals surface area contributed by atoms with Gasteiger partial charge in [-0.25, -0.2) is 14.4 Å². The molecule has 2 aliphatic heterocycles. The van der Waals surface area contributed by atoms with Gasteiger partial charge in [0, 0.05) is 51.0 Å². The molecule has 0 radical (unpaired) electrons. The van der Waals surface area contributed by atoms with Gasteiger partial charge in [-0.05, 0) is 26.1 Å². The molecule has 2 N–H and O–H groups in total. The summed E-state index contributed by atoms with van der Waals surface area (Å²) >= 11 is 0. The van der Waals surface area contributed by atoms with E-state index in [9.17, 15) is 0 Å². The number of halogens is 1. The Hall–Kier alpha value is -2.45. The molecule has 4 rings (SSSR count). The van der Waals surface area contributed by atoms with Crippen LogP contribution in [0.15, 0.2) is 24.4 Å². The van der Waals surface area contributed by atoms with Crippen molar-refractivity contribution in [2.75, 3.05) is 68.5 Å². The van der Waals surface area contributed by atoms with Crippen molar-refractivity contribution in [1.82, 2.24) is 14.9 Å². The van der Waals surface area contributed by atoms with Crippen LogP contribution in [-0.4, -0.2) is 73.9 Å². The number of nitrogen functional groups attached to an aromatic ring is 1. The van der Waals surface area contributed by atoms with E-state index in [1.165, 1.54) is 6.07 Å². The van der Waals surface area contributed by atoms with Gasteiger partial charge >= 0.3 is 0 Å². The lowest BCUT2D eigenvalue weighted by Gasteiger charge is -2.39. The van der Waals surface area contributed by atoms with Gasteiger partial charge in [0.2, 0.25) is 0 Å². The summed E-state index contributed by atoms with van der Waals surface area (Å²) in [5.74, 6) is 0.782. The molecule has 1 aromatic heterocycles. The Labute approximate surface area is 164 Å². The number of benzene rings is 1. The quantitative estimate of drug-likeness (QED) is 0.807. The van der Waals surface area contributed by atoms with Crippen molar-refractivity contribution in [2.24, 2.45) is 0 Å². The first-order valence-corrected chi connectivity index (χ1v) is 9.73. The first kappa shape index (κ1) is 18.9. The molecule has 0 amide bonds. The zero-order valence-corrected chi connectivity index (χ0v) is 16.4. The summed E-state index contributed by atoms with van der Waals surface area (Å²) in [6.45, 7) is 7.60. The highest BCUT2D eigenvalue weighted by Crippen LogP contribution is 2.32. The van der Waals surface area contributed by atoms with Crippen molar-refractivity contribution in [2.45, 2.75) is 13.0 Å². The molecular weight excluding hydrogens is 359 g/mol. The van der Waals surface area contributed by atoms with E-state index in [0.29, 0.717) is 36.3 Å². The van der Waals surface area contributed by atoms with E-state index in [4.69, 9.17) is 10.5 Å². The minimum absolute atomic E-state index is 0.332. The van der Waals surface area contributed by atoms with Crippen LogP contribution in [0.1, 0.15) is 6.92 Å². The van der Waals surface area contributed by atoms with Crippen LogP contribution in [0.3, 0.4) is 0 Å². The largest absolute Gasteiger partial charge is 0.397 e. The van der Waals surface area contributed by atoms with Crippen LogP contribution < -0.4 is 15.5 Å². The number of rotatable bonds is 3. The predicted octanol–water partition coefficient (Wildman–Crippen LogP) is 1.84. The third kappa shape index (κ3) is 3.74. The predicted molar refractivity (Wildman–Crippen MR) is 109 cm³/mol. The van der Waals surface area contributed by atoms with Crippen molar-refractivity contribution in [3.05, 3.63) is 30.2 Å². The van der Waals surface area contributed by atoms with Crippen LogP contribution in [0.2, 0.25) is 0 Å². The van der Waals surface area contributed by atoms with Crippen LogP contribution in [0.5, 0.6) is 0 Å². The molecule has 7 nitrogen and oxygen atoms in total. The van der Waals surface area contributed by atoms with E-state index < -0.39 is 0 Å². The third-order valence-corrected chi connectivity index (χ3v) is 5.63. The molecule has 2 aliphatic rings. The van der Waals surface area contributed by atoms with Gasteiger partial charge in [-0.1, -0.05) is 0 Å². The van der Waals surface area contributed by atoms with E-state index in [1.807, 2.05) is 6.07 Å². The van der Waals surface area contributed by atoms with Crippen LogP contribution >= 0.6 is 0 Å². The second kappa shape index (κ2) is 7.89. The average Bonchev–Trinajstić information content (AvgIpc) is 2.72. The Morgan fingerprint density at radius 1 is 1.14 bits per heavy atom. The lowest BCUT2D eigenvalue weighted by atomic mass is 10.1. The van der Waals surface area contributed by atoms with Gasteiger partial charge in [0.1, 0.15) is 11.6 Å². The minimum Gasteiger partial charge on any atom is -0.397 e. The van der Waals surface area contributed by atoms with Crippen LogP contribution in [-0.2, 0) is 4.74 Å². The Morgan fingerprint density at radius 2 is 1.93 bits per heavy atom. The Kier molecular flexibility index (Phi) is 5.32. The summed E-state index contributed by atoms with van der Waals surface area (Å²) in [5, 5.41) is 0. The van der Waals surface area contributed by atoms with Gasteiger partial charge in [0.25, 0.3) is 0 Å². The molecule has 28 heavy (non-hydrogen) atoms. The maximum atomic E-state index is 15.0. The highest BCUT2D eigenvalue weighted by Gasteiger charge is 2.24. The molecule has 1 aromatic carbocycles. The number of hydrogen-bond donors (Lipinski definition) is 1. The fraction of sp³-hybridized carbons (Fsp3) is 0.500. The van der Waals surface area contributed by atoms with E-state index in [0.717, 1.165) is 44.2 Å². The van der Waals surface area contributed by atoms with Gasteiger partial charge < -0.3 is 25.2 Å². The van der Waals surface area contributed by atoms with Crippen molar-refractivity contribution < 1.29 is 9.13 Å². The first-order valence-electron chi connectivity index (χ1n) is 9.73. The maximum Gasteiger partial charge on any atom is 0.164 e. The molecule has 1 atom stereocenters. The molecule has 2 saturated heterocycles. The molecular formula is C20H27FN6O. The monoisotopic (exact) mass is 386 g/mol. The Morgan fingerprint density at radius 3 is 2.68 bits per heavy atom. The number of anilines is 3. The van der Waals surface area contributed by atoms with Gasteiger partial charge in [-0.2, -0.15) is 0 Å². The highest BCUT2D eigenvalue weighted by atomic mass is 19.1. The first-order chi connectivity index (χ1) is 13.5. The fourth-order valence-electron chi connectivity index (χ4n) is 3.74. The molecule has 8 heteroatoms. The SMILES string of the molecule is C[C@H]1CN(c2cc(F)c(-c3nccc(N4CCOCC4)n3)cc2N)CCN1C. The number of morpholine rings is 1. The standard InChI is InChI=1S/C20H27FN6O/c1-14-13-27(6-5-25(14)2)18-12-16(21)15(11-17(18)22)20-23-4-3-19(24-20)26-7-9-28-10-8-26/h3-4,11-12,14H,5-10,13,22H2,1-2H3/t14-/m0/s1. The topological polar surface area (TPSA) is 70.8 Å². The van der Waals surface area contributed by atoms with Crippen molar-refractivity contribution in [3.8, 4) is 11.4 Å². The van der Waals surface area contributed by atoms with Crippen molar-refractivity contribution >= 4 is 17.2 Å². The summed E-state index contributed by atoms with van der Waals surface area (Å²) in [7, 11) is 2.10. The maximum absolute atomic E-state index is 15.0. The minimum atomic E-state index is -0.352. The number of nitrogens with zero attached hydrogens (tertiary/aromatic N) is 5. The number of aromatic nitrogens is 2. The zero-order valence-electron chi connectivity index (χ0n) is 16.4. The van der Waals surface area contributed by atoms with Gasteiger partial charge in [-0.3, -0.25) is 0 Å². The normalized spacial score (nSPS) is 21.2. The fourth-order valence-corrected chi connectivity index (χ4v) is 3.74. The lowest BCUT2D eigenvalue weighted by molar-refractivity contribution is 0.122. The Bertz CT molecular complexity index is 841. The second-order valence-corrected chi connectivity index (χ2v) is 7.50. The van der Waals surface area contributed by atoms with E-state index >= 15 is 4.39 Å². The summed E-state index contributed by atoms with van der Waals surface area (Å²) in [6.07, 6.45) is 1.67. The van der Waals surface area contributed by atoms with Crippen molar-refractivity contribution in [3.63, 3.8) is 0 Å². The van der Waals surface area contributed by atoms with Crippen LogP contribution in [0.25, 0.3) is 11.4 Å². The molecule has 3 heterocycles. The summed E-state index contributed by atoms with van der Waals surface area (Å²) in [6, 6.07) is 5.42. The molecule has 2 aromatic rings. The smallest absolute Gasteiger partial charge is 0.164 e. The summed E-state index contributed by atoms with van der Waals surface area (Å²) in [5.41, 5.74) is 7.94. The van der Waals surface area contributed by atoms with Gasteiger partial charge in [-0.15, -0.1) is 0 Å². The molecule has 2 fully saturated rings. The number of hydrogen-bond acceptors (Lipinski definition) is 7. The van der Waals surface area contributed by atoms with Crippen molar-refractivity contribution in [1.29, 1.82) is 0 Å². The summed E-state index contributed by atoms with van der Waals surface area (Å²) < 4.78 is 20.4. The molecule has 0 spiro atoms. The van der Waals surface area contributed by atoms with E-state index in [1.54, 1.807) is 12.3 Å². The molecule has 0 aliphatic carbocycles. The average molecular weight is 386 g/mol. The molecule has 0 bridgehead atoms. The zero-order chi connectivity index (χ0) is 19.7. The van der Waals surface area contributed by atoms with E-state index in [-0.39, 0.29) is 5.82 Å². The number of piperazine rings is 1. The molecule has 0 unspecified atom stereocenters. The van der Waals surface area contributed by atoms with E-state index in [2.05, 4.69) is 38.6 Å². The van der Waals surface area contributed by atoms with Crippen LogP contribution in [0.4, 0.5) is 21.6 Å².